The van der Waals surface area contributed by atoms with Crippen molar-refractivity contribution >= 4 is 23.3 Å². The predicted molar refractivity (Wildman–Crippen MR) is 124 cm³/mol. The molecule has 0 aliphatic rings. The molecule has 7 heteroatoms. The number of aromatic carboxylic acids is 1. The molecule has 0 spiro atoms. The topological polar surface area (TPSA) is 96.9 Å². The lowest BCUT2D eigenvalue weighted by molar-refractivity contribution is -0.118. The van der Waals surface area contributed by atoms with E-state index in [-0.39, 0.29) is 18.1 Å². The van der Waals surface area contributed by atoms with E-state index in [1.165, 1.54) is 0 Å². The highest BCUT2D eigenvalue weighted by Crippen LogP contribution is 2.29. The quantitative estimate of drug-likeness (QED) is 0.427. The van der Waals surface area contributed by atoms with E-state index in [0.29, 0.717) is 30.3 Å². The van der Waals surface area contributed by atoms with Gasteiger partial charge in [0, 0.05) is 17.9 Å². The van der Waals surface area contributed by atoms with Crippen molar-refractivity contribution < 1.29 is 24.2 Å². The SMILES string of the molecule is CCOc1cc(CNc2ccc(C(=O)O)cc2)ccc1OCC(=O)Nc1ccc(C)cc1. The summed E-state index contributed by atoms with van der Waals surface area (Å²) in [5.41, 5.74) is 3.83. The van der Waals surface area contributed by atoms with E-state index in [1.54, 1.807) is 30.3 Å². The number of anilines is 2. The molecule has 0 fully saturated rings. The minimum absolute atomic E-state index is 0.137. The number of carbonyl (C=O) groups excluding carboxylic acids is 1. The normalized spacial score (nSPS) is 10.3. The van der Waals surface area contributed by atoms with Crippen LogP contribution in [0.3, 0.4) is 0 Å². The molecule has 166 valence electrons. The van der Waals surface area contributed by atoms with Gasteiger partial charge in [-0.05, 0) is 67.9 Å². The second-order valence-corrected chi connectivity index (χ2v) is 7.15. The number of carboxylic acid groups (broad SMARTS) is 1. The highest BCUT2D eigenvalue weighted by Gasteiger charge is 2.10. The van der Waals surface area contributed by atoms with E-state index < -0.39 is 5.97 Å². The van der Waals surface area contributed by atoms with E-state index in [4.69, 9.17) is 14.6 Å². The van der Waals surface area contributed by atoms with Crippen LogP contribution in [0.25, 0.3) is 0 Å². The maximum absolute atomic E-state index is 12.2. The fraction of sp³-hybridized carbons (Fsp3) is 0.200. The fourth-order valence-corrected chi connectivity index (χ4v) is 2.96. The van der Waals surface area contributed by atoms with Crippen LogP contribution in [0.1, 0.15) is 28.4 Å². The van der Waals surface area contributed by atoms with Gasteiger partial charge >= 0.3 is 5.97 Å². The lowest BCUT2D eigenvalue weighted by Crippen LogP contribution is -2.20. The highest BCUT2D eigenvalue weighted by atomic mass is 16.5. The lowest BCUT2D eigenvalue weighted by Gasteiger charge is -2.14. The summed E-state index contributed by atoms with van der Waals surface area (Å²) in [5, 5.41) is 15.0. The molecular formula is C25H26N2O5. The van der Waals surface area contributed by atoms with Crippen molar-refractivity contribution in [3.63, 3.8) is 0 Å². The van der Waals surface area contributed by atoms with Crippen molar-refractivity contribution in [1.82, 2.24) is 0 Å². The van der Waals surface area contributed by atoms with Gasteiger partial charge in [0.15, 0.2) is 18.1 Å². The molecule has 0 aromatic heterocycles. The number of amides is 1. The summed E-state index contributed by atoms with van der Waals surface area (Å²) in [4.78, 5) is 23.2. The van der Waals surface area contributed by atoms with Crippen LogP contribution in [0, 0.1) is 6.92 Å². The Morgan fingerprint density at radius 1 is 0.875 bits per heavy atom. The van der Waals surface area contributed by atoms with E-state index >= 15 is 0 Å². The first-order valence-electron chi connectivity index (χ1n) is 10.3. The van der Waals surface area contributed by atoms with Crippen LogP contribution in [-0.2, 0) is 11.3 Å². The molecule has 3 aromatic rings. The highest BCUT2D eigenvalue weighted by molar-refractivity contribution is 5.92. The zero-order chi connectivity index (χ0) is 22.9. The van der Waals surface area contributed by atoms with Crippen LogP contribution in [0.4, 0.5) is 11.4 Å². The summed E-state index contributed by atoms with van der Waals surface area (Å²) in [6, 6.07) is 19.6. The third-order valence-corrected chi connectivity index (χ3v) is 4.63. The molecule has 0 unspecified atom stereocenters. The van der Waals surface area contributed by atoms with E-state index in [2.05, 4.69) is 10.6 Å². The summed E-state index contributed by atoms with van der Waals surface area (Å²) >= 11 is 0. The third kappa shape index (κ3) is 6.50. The molecule has 0 heterocycles. The summed E-state index contributed by atoms with van der Waals surface area (Å²) in [5.74, 6) is -0.176. The molecule has 0 atom stereocenters. The van der Waals surface area contributed by atoms with Crippen molar-refractivity contribution in [3.05, 3.63) is 83.4 Å². The average Bonchev–Trinajstić information content (AvgIpc) is 2.79. The predicted octanol–water partition coefficient (Wildman–Crippen LogP) is 4.72. The van der Waals surface area contributed by atoms with Crippen molar-refractivity contribution in [2.75, 3.05) is 23.8 Å². The largest absolute Gasteiger partial charge is 0.490 e. The van der Waals surface area contributed by atoms with Gasteiger partial charge in [-0.25, -0.2) is 4.79 Å². The second-order valence-electron chi connectivity index (χ2n) is 7.15. The Labute approximate surface area is 187 Å². The van der Waals surface area contributed by atoms with Crippen LogP contribution in [-0.4, -0.2) is 30.2 Å². The zero-order valence-electron chi connectivity index (χ0n) is 18.1. The molecule has 32 heavy (non-hydrogen) atoms. The first-order valence-corrected chi connectivity index (χ1v) is 10.3. The Hall–Kier alpha value is -4.00. The van der Waals surface area contributed by atoms with Crippen LogP contribution in [0.15, 0.2) is 66.7 Å². The lowest BCUT2D eigenvalue weighted by atomic mass is 10.1. The van der Waals surface area contributed by atoms with Gasteiger partial charge in [0.05, 0.1) is 12.2 Å². The van der Waals surface area contributed by atoms with Gasteiger partial charge < -0.3 is 25.2 Å². The number of hydrogen-bond donors (Lipinski definition) is 3. The number of hydrogen-bond acceptors (Lipinski definition) is 5. The molecule has 0 aliphatic heterocycles. The number of nitrogens with one attached hydrogen (secondary N) is 2. The first kappa shape index (κ1) is 22.7. The number of aryl methyl sites for hydroxylation is 1. The molecule has 0 bridgehead atoms. The number of rotatable bonds is 10. The summed E-state index contributed by atoms with van der Waals surface area (Å²) < 4.78 is 11.4. The standard InChI is InChI=1S/C25H26N2O5/c1-3-31-23-14-18(15-26-20-11-7-19(8-12-20)25(29)30)6-13-22(23)32-16-24(28)27-21-9-4-17(2)5-10-21/h4-14,26H,3,15-16H2,1-2H3,(H,27,28)(H,29,30). The van der Waals surface area contributed by atoms with Gasteiger partial charge in [0.25, 0.3) is 5.91 Å². The maximum Gasteiger partial charge on any atom is 0.335 e. The Morgan fingerprint density at radius 2 is 1.56 bits per heavy atom. The second kappa shape index (κ2) is 10.9. The van der Waals surface area contributed by atoms with Gasteiger partial charge in [-0.15, -0.1) is 0 Å². The molecule has 3 rings (SSSR count). The average molecular weight is 434 g/mol. The van der Waals surface area contributed by atoms with Crippen LogP contribution < -0.4 is 20.1 Å². The number of ether oxygens (including phenoxy) is 2. The van der Waals surface area contributed by atoms with Crippen molar-refractivity contribution in [2.24, 2.45) is 0 Å². The van der Waals surface area contributed by atoms with E-state index in [9.17, 15) is 9.59 Å². The number of carbonyl (C=O) groups is 2. The Morgan fingerprint density at radius 3 is 2.22 bits per heavy atom. The van der Waals surface area contributed by atoms with E-state index in [0.717, 1.165) is 16.8 Å². The monoisotopic (exact) mass is 434 g/mol. The summed E-state index contributed by atoms with van der Waals surface area (Å²) in [6.07, 6.45) is 0. The zero-order valence-corrected chi connectivity index (χ0v) is 18.1. The smallest absolute Gasteiger partial charge is 0.335 e. The minimum Gasteiger partial charge on any atom is -0.490 e. The summed E-state index contributed by atoms with van der Waals surface area (Å²) in [7, 11) is 0. The van der Waals surface area contributed by atoms with Crippen LogP contribution in [0.5, 0.6) is 11.5 Å². The molecule has 0 radical (unpaired) electrons. The fourth-order valence-electron chi connectivity index (χ4n) is 2.96. The maximum atomic E-state index is 12.2. The molecule has 0 aliphatic carbocycles. The Bertz CT molecular complexity index is 1060. The van der Waals surface area contributed by atoms with Crippen LogP contribution >= 0.6 is 0 Å². The molecule has 1 amide bonds. The van der Waals surface area contributed by atoms with Crippen LogP contribution in [0.2, 0.25) is 0 Å². The van der Waals surface area contributed by atoms with Gasteiger partial charge in [-0.1, -0.05) is 23.8 Å². The molecular weight excluding hydrogens is 408 g/mol. The van der Waals surface area contributed by atoms with Crippen molar-refractivity contribution in [3.8, 4) is 11.5 Å². The Balaban J connectivity index is 1.58. The minimum atomic E-state index is -0.957. The summed E-state index contributed by atoms with van der Waals surface area (Å²) in [6.45, 7) is 4.70. The van der Waals surface area contributed by atoms with E-state index in [1.807, 2.05) is 50.2 Å². The third-order valence-electron chi connectivity index (χ3n) is 4.63. The van der Waals surface area contributed by atoms with Gasteiger partial charge in [0.2, 0.25) is 0 Å². The molecule has 0 saturated carbocycles. The number of carboxylic acids is 1. The molecule has 0 saturated heterocycles. The van der Waals surface area contributed by atoms with Gasteiger partial charge in [-0.2, -0.15) is 0 Å². The Kier molecular flexibility index (Phi) is 7.70. The number of benzene rings is 3. The van der Waals surface area contributed by atoms with Gasteiger partial charge in [-0.3, -0.25) is 4.79 Å². The molecule has 3 N–H and O–H groups in total. The van der Waals surface area contributed by atoms with Crippen molar-refractivity contribution in [1.29, 1.82) is 0 Å². The molecule has 7 nitrogen and oxygen atoms in total. The molecule has 3 aromatic carbocycles. The van der Waals surface area contributed by atoms with Gasteiger partial charge in [0.1, 0.15) is 0 Å². The van der Waals surface area contributed by atoms with Crippen molar-refractivity contribution in [2.45, 2.75) is 20.4 Å². The first-order chi connectivity index (χ1) is 15.4.